The average Bonchev–Trinajstić information content (AvgIpc) is 3.80. The number of ether oxygens (including phenoxy) is 1. The van der Waals surface area contributed by atoms with Crippen LogP contribution in [0.15, 0.2) is 192 Å². The molecule has 12 rings (SSSR count). The van der Waals surface area contributed by atoms with Gasteiger partial charge in [0.1, 0.15) is 22.7 Å². The molecule has 5 heteroatoms. The molecule has 0 atom stereocenters. The summed E-state index contributed by atoms with van der Waals surface area (Å²) < 4.78 is 13.1. The van der Waals surface area contributed by atoms with Crippen LogP contribution in [-0.4, -0.2) is 15.0 Å². The number of fused-ring (bicyclic) bond motifs is 12. The zero-order valence-corrected chi connectivity index (χ0v) is 30.6. The molecule has 2 aliphatic rings. The standard InChI is InChI=1S/C52H31N3O2/c1-3-14-32(15-4-1)49-53-50(33-16-5-2-6-17-33)55-51(54-49)38-19-13-25-47-48(38)39-30-34(27-29-44(39)56-47)35-26-28-37-36-18-7-8-20-40(36)52(43(37)31-35)41-21-9-11-23-45(41)57-46-24-12-10-22-42(46)52/h1-31H. The fourth-order valence-electron chi connectivity index (χ4n) is 9.16. The first-order valence-corrected chi connectivity index (χ1v) is 19.2. The molecule has 3 heterocycles. The number of para-hydroxylation sites is 2. The van der Waals surface area contributed by atoms with Gasteiger partial charge in [-0.15, -0.1) is 0 Å². The highest BCUT2D eigenvalue weighted by Gasteiger charge is 2.51. The van der Waals surface area contributed by atoms with E-state index in [1.54, 1.807) is 0 Å². The Kier molecular flexibility index (Phi) is 6.78. The molecule has 0 fully saturated rings. The Morgan fingerprint density at radius 2 is 0.895 bits per heavy atom. The SMILES string of the molecule is c1ccc(-c2nc(-c3ccccc3)nc(-c3cccc4oc5ccc(-c6ccc7c(c6)C6(c8ccccc8Oc8ccccc86)c6ccccc6-7)cc5c34)n2)cc1. The van der Waals surface area contributed by atoms with Gasteiger partial charge in [-0.25, -0.2) is 15.0 Å². The summed E-state index contributed by atoms with van der Waals surface area (Å²) in [5, 5.41) is 1.97. The molecule has 0 amide bonds. The van der Waals surface area contributed by atoms with E-state index in [1.807, 2.05) is 72.8 Å². The molecule has 1 aliphatic carbocycles. The van der Waals surface area contributed by atoms with Crippen LogP contribution in [0.1, 0.15) is 22.3 Å². The van der Waals surface area contributed by atoms with E-state index in [0.29, 0.717) is 17.5 Å². The first kappa shape index (κ1) is 31.7. The predicted octanol–water partition coefficient (Wildman–Crippen LogP) is 12.9. The lowest BCUT2D eigenvalue weighted by atomic mass is 9.66. The second kappa shape index (κ2) is 12.2. The van der Waals surface area contributed by atoms with Crippen molar-refractivity contribution in [2.75, 3.05) is 0 Å². The molecule has 1 aliphatic heterocycles. The molecule has 0 saturated heterocycles. The summed E-state index contributed by atoms with van der Waals surface area (Å²) >= 11 is 0. The van der Waals surface area contributed by atoms with Crippen molar-refractivity contribution in [3.8, 4) is 67.9 Å². The number of hydrogen-bond donors (Lipinski definition) is 0. The molecule has 8 aromatic carbocycles. The third-order valence-electron chi connectivity index (χ3n) is 11.6. The normalized spacial score (nSPS) is 13.2. The lowest BCUT2D eigenvalue weighted by Crippen LogP contribution is -2.32. The monoisotopic (exact) mass is 729 g/mol. The first-order valence-electron chi connectivity index (χ1n) is 19.2. The smallest absolute Gasteiger partial charge is 0.164 e. The first-order chi connectivity index (χ1) is 28.2. The average molecular weight is 730 g/mol. The van der Waals surface area contributed by atoms with Crippen molar-refractivity contribution in [2.45, 2.75) is 5.41 Å². The fraction of sp³-hybridized carbons (Fsp3) is 0.0192. The van der Waals surface area contributed by atoms with Crippen LogP contribution in [0.25, 0.3) is 78.4 Å². The maximum atomic E-state index is 6.58. The van der Waals surface area contributed by atoms with Gasteiger partial charge in [-0.05, 0) is 69.8 Å². The Morgan fingerprint density at radius 1 is 0.351 bits per heavy atom. The molecule has 0 unspecified atom stereocenters. The Balaban J connectivity index is 1.07. The maximum absolute atomic E-state index is 6.58. The summed E-state index contributed by atoms with van der Waals surface area (Å²) in [6.45, 7) is 0. The van der Waals surface area contributed by atoms with E-state index in [1.165, 1.54) is 22.3 Å². The summed E-state index contributed by atoms with van der Waals surface area (Å²) in [5.41, 5.74) is 13.3. The minimum Gasteiger partial charge on any atom is -0.457 e. The minimum atomic E-state index is -0.543. The van der Waals surface area contributed by atoms with Crippen LogP contribution in [0.3, 0.4) is 0 Å². The van der Waals surface area contributed by atoms with Gasteiger partial charge in [0.25, 0.3) is 0 Å². The Hall–Kier alpha value is -7.63. The van der Waals surface area contributed by atoms with Crippen LogP contribution in [-0.2, 0) is 5.41 Å². The third kappa shape index (κ3) is 4.66. The molecule has 0 N–H and O–H groups in total. The van der Waals surface area contributed by atoms with Gasteiger partial charge in [0.2, 0.25) is 0 Å². The van der Waals surface area contributed by atoms with Gasteiger partial charge in [-0.2, -0.15) is 0 Å². The van der Waals surface area contributed by atoms with Crippen LogP contribution < -0.4 is 4.74 Å². The van der Waals surface area contributed by atoms with E-state index < -0.39 is 5.41 Å². The zero-order chi connectivity index (χ0) is 37.5. The fourth-order valence-corrected chi connectivity index (χ4v) is 9.16. The third-order valence-corrected chi connectivity index (χ3v) is 11.6. The van der Waals surface area contributed by atoms with Crippen molar-refractivity contribution in [3.05, 3.63) is 210 Å². The highest BCUT2D eigenvalue weighted by molar-refractivity contribution is 6.13. The number of nitrogens with zero attached hydrogens (tertiary/aromatic N) is 3. The number of aromatic nitrogens is 3. The van der Waals surface area contributed by atoms with Crippen LogP contribution >= 0.6 is 0 Å². The lowest BCUT2D eigenvalue weighted by molar-refractivity contribution is 0.436. The zero-order valence-electron chi connectivity index (χ0n) is 30.6. The Morgan fingerprint density at radius 3 is 1.60 bits per heavy atom. The number of rotatable bonds is 4. The predicted molar refractivity (Wildman–Crippen MR) is 226 cm³/mol. The second-order valence-corrected chi connectivity index (χ2v) is 14.7. The van der Waals surface area contributed by atoms with Gasteiger partial charge < -0.3 is 9.15 Å². The van der Waals surface area contributed by atoms with E-state index in [9.17, 15) is 0 Å². The van der Waals surface area contributed by atoms with Gasteiger partial charge in [0.05, 0.1) is 5.41 Å². The molecule has 2 aromatic heterocycles. The molecule has 1 spiro atoms. The summed E-state index contributed by atoms with van der Waals surface area (Å²) in [4.78, 5) is 15.1. The van der Waals surface area contributed by atoms with E-state index in [0.717, 1.165) is 72.4 Å². The van der Waals surface area contributed by atoms with E-state index in [-0.39, 0.29) is 0 Å². The summed E-state index contributed by atoms with van der Waals surface area (Å²) in [7, 11) is 0. The van der Waals surface area contributed by atoms with Crippen LogP contribution in [0.4, 0.5) is 0 Å². The van der Waals surface area contributed by atoms with E-state index >= 15 is 0 Å². The number of furan rings is 1. The van der Waals surface area contributed by atoms with Crippen LogP contribution in [0.2, 0.25) is 0 Å². The quantitative estimate of drug-likeness (QED) is 0.180. The van der Waals surface area contributed by atoms with Crippen molar-refractivity contribution >= 4 is 21.9 Å². The molecule has 0 saturated carbocycles. The van der Waals surface area contributed by atoms with Crippen LogP contribution in [0, 0.1) is 0 Å². The van der Waals surface area contributed by atoms with E-state index in [2.05, 4.69) is 115 Å². The minimum absolute atomic E-state index is 0.543. The second-order valence-electron chi connectivity index (χ2n) is 14.7. The van der Waals surface area contributed by atoms with Gasteiger partial charge in [0, 0.05) is 38.6 Å². The van der Waals surface area contributed by atoms with Crippen molar-refractivity contribution < 1.29 is 9.15 Å². The summed E-state index contributed by atoms with van der Waals surface area (Å²) in [6, 6.07) is 65.5. The molecule has 10 aromatic rings. The van der Waals surface area contributed by atoms with Crippen molar-refractivity contribution in [3.63, 3.8) is 0 Å². The van der Waals surface area contributed by atoms with E-state index in [4.69, 9.17) is 24.1 Å². The highest BCUT2D eigenvalue weighted by Crippen LogP contribution is 2.62. The number of benzene rings is 8. The Bertz CT molecular complexity index is 3120. The van der Waals surface area contributed by atoms with Crippen molar-refractivity contribution in [1.82, 2.24) is 15.0 Å². The maximum Gasteiger partial charge on any atom is 0.164 e. The largest absolute Gasteiger partial charge is 0.457 e. The molecule has 266 valence electrons. The van der Waals surface area contributed by atoms with Gasteiger partial charge in [-0.3, -0.25) is 0 Å². The molecule has 0 radical (unpaired) electrons. The molecular formula is C52H31N3O2. The lowest BCUT2D eigenvalue weighted by Gasteiger charge is -2.39. The van der Waals surface area contributed by atoms with Crippen molar-refractivity contribution in [1.29, 1.82) is 0 Å². The molecular weight excluding hydrogens is 699 g/mol. The van der Waals surface area contributed by atoms with Gasteiger partial charge >= 0.3 is 0 Å². The molecule has 5 nitrogen and oxygen atoms in total. The van der Waals surface area contributed by atoms with Crippen LogP contribution in [0.5, 0.6) is 11.5 Å². The molecule has 57 heavy (non-hydrogen) atoms. The highest BCUT2D eigenvalue weighted by atomic mass is 16.5. The summed E-state index contributed by atoms with van der Waals surface area (Å²) in [5.74, 6) is 3.60. The van der Waals surface area contributed by atoms with Gasteiger partial charge in [-0.1, -0.05) is 152 Å². The topological polar surface area (TPSA) is 61.0 Å². The molecule has 0 bridgehead atoms. The summed E-state index contributed by atoms with van der Waals surface area (Å²) in [6.07, 6.45) is 0. The number of hydrogen-bond acceptors (Lipinski definition) is 5. The Labute approximate surface area is 328 Å². The van der Waals surface area contributed by atoms with Gasteiger partial charge in [0.15, 0.2) is 17.5 Å². The van der Waals surface area contributed by atoms with Crippen molar-refractivity contribution in [2.24, 2.45) is 0 Å².